The summed E-state index contributed by atoms with van der Waals surface area (Å²) in [7, 11) is 0. The summed E-state index contributed by atoms with van der Waals surface area (Å²) in [6.45, 7) is 2.50. The standard InChI is InChI=1S/C27H24N6O4S/c1-2-37-23-16-14-22(15-17-23)32-26(21-10-4-3-5-11-21)30-31-27(32)38-19-25(34)29-28-18-8-12-20-9-6-7-13-24(20)33(35)36/h3-18H,2,19H2,1H3,(H,29,34)/b12-8-,28-18-. The van der Waals surface area contributed by atoms with Gasteiger partial charge in [0.2, 0.25) is 0 Å². The topological polar surface area (TPSA) is 125 Å². The summed E-state index contributed by atoms with van der Waals surface area (Å²) in [5.41, 5.74) is 4.60. The zero-order valence-corrected chi connectivity index (χ0v) is 21.2. The van der Waals surface area contributed by atoms with Crippen molar-refractivity contribution in [3.8, 4) is 22.8 Å². The van der Waals surface area contributed by atoms with Crippen molar-refractivity contribution < 1.29 is 14.5 Å². The molecule has 0 spiro atoms. The number of hydrogen-bond acceptors (Lipinski definition) is 8. The number of amides is 1. The number of carbonyl (C=O) groups excluding carboxylic acids is 1. The maximum Gasteiger partial charge on any atom is 0.276 e. The molecule has 0 aliphatic carbocycles. The molecule has 4 aromatic rings. The number of carbonyl (C=O) groups is 1. The fourth-order valence-corrected chi connectivity index (χ4v) is 4.23. The van der Waals surface area contributed by atoms with Gasteiger partial charge in [-0.3, -0.25) is 19.5 Å². The van der Waals surface area contributed by atoms with Gasteiger partial charge in [-0.15, -0.1) is 10.2 Å². The second kappa shape index (κ2) is 13.0. The van der Waals surface area contributed by atoms with Crippen LogP contribution in [0.4, 0.5) is 5.69 Å². The van der Waals surface area contributed by atoms with E-state index in [0.717, 1.165) is 17.0 Å². The van der Waals surface area contributed by atoms with E-state index in [1.54, 1.807) is 24.3 Å². The molecule has 3 aromatic carbocycles. The van der Waals surface area contributed by atoms with Crippen molar-refractivity contribution >= 4 is 35.6 Å². The Morgan fingerprint density at radius 3 is 2.55 bits per heavy atom. The monoisotopic (exact) mass is 528 g/mol. The summed E-state index contributed by atoms with van der Waals surface area (Å²) in [6, 6.07) is 23.6. The predicted molar refractivity (Wildman–Crippen MR) is 147 cm³/mol. The molecular formula is C27H24N6O4S. The van der Waals surface area contributed by atoms with E-state index >= 15 is 0 Å². The van der Waals surface area contributed by atoms with Crippen LogP contribution in [0.5, 0.6) is 5.75 Å². The number of nitrogens with one attached hydrogen (secondary N) is 1. The number of aromatic nitrogens is 3. The Bertz CT molecular complexity index is 1450. The van der Waals surface area contributed by atoms with Crippen LogP contribution in [-0.4, -0.2) is 44.2 Å². The highest BCUT2D eigenvalue weighted by molar-refractivity contribution is 7.99. The molecule has 1 N–H and O–H groups in total. The lowest BCUT2D eigenvalue weighted by Crippen LogP contribution is -2.19. The molecule has 0 atom stereocenters. The van der Waals surface area contributed by atoms with Crippen LogP contribution < -0.4 is 10.2 Å². The number of rotatable bonds is 11. The van der Waals surface area contributed by atoms with Gasteiger partial charge in [0, 0.05) is 23.5 Å². The summed E-state index contributed by atoms with van der Waals surface area (Å²) in [6.07, 6.45) is 4.42. The number of hydrazone groups is 1. The van der Waals surface area contributed by atoms with Crippen LogP contribution >= 0.6 is 11.8 Å². The van der Waals surface area contributed by atoms with Crippen LogP contribution in [0.2, 0.25) is 0 Å². The molecule has 0 unspecified atom stereocenters. The van der Waals surface area contributed by atoms with Crippen LogP contribution in [0.1, 0.15) is 12.5 Å². The van der Waals surface area contributed by atoms with E-state index in [9.17, 15) is 14.9 Å². The highest BCUT2D eigenvalue weighted by atomic mass is 32.2. The Labute approximate surface area is 223 Å². The summed E-state index contributed by atoms with van der Waals surface area (Å²) in [4.78, 5) is 23.0. The molecule has 0 aliphatic rings. The van der Waals surface area contributed by atoms with Gasteiger partial charge in [-0.2, -0.15) is 5.10 Å². The molecule has 0 aliphatic heterocycles. The van der Waals surface area contributed by atoms with Gasteiger partial charge in [0.1, 0.15) is 5.75 Å². The Morgan fingerprint density at radius 1 is 1.08 bits per heavy atom. The maximum atomic E-state index is 12.4. The number of ether oxygens (including phenoxy) is 1. The van der Waals surface area contributed by atoms with Crippen molar-refractivity contribution in [3.05, 3.63) is 101 Å². The van der Waals surface area contributed by atoms with E-state index in [1.807, 2.05) is 66.1 Å². The van der Waals surface area contributed by atoms with E-state index in [1.165, 1.54) is 30.1 Å². The van der Waals surface area contributed by atoms with Gasteiger partial charge in [-0.25, -0.2) is 5.43 Å². The first-order chi connectivity index (χ1) is 18.6. The number of nitrogens with zero attached hydrogens (tertiary/aromatic N) is 5. The first-order valence-corrected chi connectivity index (χ1v) is 12.6. The van der Waals surface area contributed by atoms with Gasteiger partial charge >= 0.3 is 0 Å². The zero-order chi connectivity index (χ0) is 26.7. The van der Waals surface area contributed by atoms with Gasteiger partial charge in [-0.1, -0.05) is 54.2 Å². The molecule has 38 heavy (non-hydrogen) atoms. The second-order valence-electron chi connectivity index (χ2n) is 7.71. The molecule has 4 rings (SSSR count). The maximum absolute atomic E-state index is 12.4. The Morgan fingerprint density at radius 2 is 1.82 bits per heavy atom. The minimum atomic E-state index is -0.453. The number of hydrogen-bond donors (Lipinski definition) is 1. The lowest BCUT2D eigenvalue weighted by molar-refractivity contribution is -0.385. The zero-order valence-electron chi connectivity index (χ0n) is 20.4. The largest absolute Gasteiger partial charge is 0.494 e. The van der Waals surface area contributed by atoms with Gasteiger partial charge in [0.15, 0.2) is 11.0 Å². The number of thioether (sulfide) groups is 1. The predicted octanol–water partition coefficient (Wildman–Crippen LogP) is 5.15. The molecule has 1 heterocycles. The SMILES string of the molecule is CCOc1ccc(-n2c(SCC(=O)N/N=C\C=C/c3ccccc3[N+](=O)[O-])nnc2-c2ccccc2)cc1. The molecule has 1 amide bonds. The third-order valence-corrected chi connectivity index (χ3v) is 6.09. The van der Waals surface area contributed by atoms with E-state index in [2.05, 4.69) is 20.7 Å². The van der Waals surface area contributed by atoms with Crippen molar-refractivity contribution in [2.24, 2.45) is 5.10 Å². The molecule has 0 bridgehead atoms. The van der Waals surface area contributed by atoms with Crippen LogP contribution in [0.15, 0.2) is 95.2 Å². The molecule has 192 valence electrons. The molecule has 1 aromatic heterocycles. The lowest BCUT2D eigenvalue weighted by atomic mass is 10.2. The van der Waals surface area contributed by atoms with Crippen LogP contribution in [-0.2, 0) is 4.79 Å². The van der Waals surface area contributed by atoms with Crippen molar-refractivity contribution in [2.75, 3.05) is 12.4 Å². The summed E-state index contributed by atoms with van der Waals surface area (Å²) in [5, 5.41) is 24.2. The fraction of sp³-hybridized carbons (Fsp3) is 0.111. The van der Waals surface area contributed by atoms with E-state index in [0.29, 0.717) is 23.2 Å². The van der Waals surface area contributed by atoms with Crippen molar-refractivity contribution in [3.63, 3.8) is 0 Å². The van der Waals surface area contributed by atoms with E-state index < -0.39 is 4.92 Å². The Balaban J connectivity index is 1.43. The molecule has 0 saturated carbocycles. The lowest BCUT2D eigenvalue weighted by Gasteiger charge is -2.11. The number of nitro groups is 1. The van der Waals surface area contributed by atoms with E-state index in [4.69, 9.17) is 4.74 Å². The molecular weight excluding hydrogens is 504 g/mol. The van der Waals surface area contributed by atoms with Crippen LogP contribution in [0.3, 0.4) is 0 Å². The Kier molecular flexibility index (Phi) is 8.98. The van der Waals surface area contributed by atoms with Crippen LogP contribution in [0.25, 0.3) is 23.2 Å². The Hall–Kier alpha value is -4.77. The minimum Gasteiger partial charge on any atom is -0.494 e. The number of benzene rings is 3. The van der Waals surface area contributed by atoms with Gasteiger partial charge in [0.25, 0.3) is 11.6 Å². The summed E-state index contributed by atoms with van der Waals surface area (Å²) in [5.74, 6) is 1.12. The second-order valence-corrected chi connectivity index (χ2v) is 8.65. The number of nitro benzene ring substituents is 1. The van der Waals surface area contributed by atoms with Gasteiger partial charge in [-0.05, 0) is 49.4 Å². The quantitative estimate of drug-likeness (QED) is 0.124. The number of allylic oxidation sites excluding steroid dienone is 1. The molecule has 10 nitrogen and oxygen atoms in total. The molecule has 11 heteroatoms. The first-order valence-electron chi connectivity index (χ1n) is 11.7. The number of para-hydroxylation sites is 1. The summed E-state index contributed by atoms with van der Waals surface area (Å²) >= 11 is 1.22. The minimum absolute atomic E-state index is 0.0101. The van der Waals surface area contributed by atoms with Crippen molar-refractivity contribution in [1.29, 1.82) is 0 Å². The smallest absolute Gasteiger partial charge is 0.276 e. The van der Waals surface area contributed by atoms with Crippen molar-refractivity contribution in [2.45, 2.75) is 12.1 Å². The average molecular weight is 529 g/mol. The average Bonchev–Trinajstić information content (AvgIpc) is 3.37. The van der Waals surface area contributed by atoms with Crippen molar-refractivity contribution in [1.82, 2.24) is 20.2 Å². The molecule has 0 saturated heterocycles. The highest BCUT2D eigenvalue weighted by Crippen LogP contribution is 2.29. The third-order valence-electron chi connectivity index (χ3n) is 5.16. The molecule has 0 radical (unpaired) electrons. The van der Waals surface area contributed by atoms with E-state index in [-0.39, 0.29) is 17.3 Å². The van der Waals surface area contributed by atoms with Crippen LogP contribution in [0, 0.1) is 10.1 Å². The van der Waals surface area contributed by atoms with Gasteiger partial charge < -0.3 is 4.74 Å². The third kappa shape index (κ3) is 6.71. The highest BCUT2D eigenvalue weighted by Gasteiger charge is 2.17. The van der Waals surface area contributed by atoms with Gasteiger partial charge in [0.05, 0.1) is 22.8 Å². The molecule has 0 fully saturated rings. The fourth-order valence-electron chi connectivity index (χ4n) is 3.48. The normalized spacial score (nSPS) is 11.2. The first kappa shape index (κ1) is 26.3. The summed E-state index contributed by atoms with van der Waals surface area (Å²) < 4.78 is 7.44.